The van der Waals surface area contributed by atoms with Gasteiger partial charge in [-0.1, -0.05) is 11.6 Å². The Bertz CT molecular complexity index is 1560. The number of hydrogen-bond acceptors (Lipinski definition) is 6. The first kappa shape index (κ1) is 25.5. The Kier molecular flexibility index (Phi) is 6.67. The number of rotatable bonds is 6. The largest absolute Gasteiger partial charge is 0.480 e. The molecule has 36 heavy (non-hydrogen) atoms. The molecule has 1 aliphatic heterocycles. The monoisotopic (exact) mass is 538 g/mol. The molecule has 188 valence electrons. The van der Waals surface area contributed by atoms with Crippen molar-refractivity contribution >= 4 is 38.9 Å². The highest BCUT2D eigenvalue weighted by molar-refractivity contribution is 7.92. The molecule has 1 aliphatic rings. The fraction of sp³-hybridized carbons (Fsp3) is 0.174. The number of sulfonamides is 1. The van der Waals surface area contributed by atoms with E-state index in [0.29, 0.717) is 5.56 Å². The highest BCUT2D eigenvalue weighted by atomic mass is 35.5. The number of ether oxygens (including phenoxy) is 1. The fourth-order valence-electron chi connectivity index (χ4n) is 3.90. The van der Waals surface area contributed by atoms with Crippen LogP contribution in [0.25, 0.3) is 11.1 Å². The number of nitrogens with one attached hydrogen (secondary N) is 2. The summed E-state index contributed by atoms with van der Waals surface area (Å²) in [5.41, 5.74) is -1.26. The summed E-state index contributed by atoms with van der Waals surface area (Å²) in [6, 6.07) is 3.90. The number of likely N-dealkylation sites (N-methyl/N-ethyl adjacent to an activating group) is 1. The number of carbonyl (C=O) groups is 1. The number of pyridine rings is 1. The van der Waals surface area contributed by atoms with Crippen LogP contribution in [0.3, 0.4) is 0 Å². The van der Waals surface area contributed by atoms with Crippen LogP contribution in [0.5, 0.6) is 5.88 Å². The second-order valence-electron chi connectivity index (χ2n) is 7.70. The molecule has 0 saturated carbocycles. The second-order valence-corrected chi connectivity index (χ2v) is 9.79. The summed E-state index contributed by atoms with van der Waals surface area (Å²) in [4.78, 5) is 19.4. The van der Waals surface area contributed by atoms with E-state index in [9.17, 15) is 17.6 Å². The SMILES string of the molecule is CNC(=O)C1=NCc2c(F)c(-c3c(F)ccc(NS(=O)(=O)c4cc(Cl)cnc4OC)c3F)cc(C)c21. The van der Waals surface area contributed by atoms with E-state index in [1.807, 2.05) is 4.72 Å². The van der Waals surface area contributed by atoms with Gasteiger partial charge in [0.1, 0.15) is 17.3 Å². The van der Waals surface area contributed by atoms with E-state index in [-0.39, 0.29) is 34.3 Å². The van der Waals surface area contributed by atoms with Crippen LogP contribution < -0.4 is 14.8 Å². The summed E-state index contributed by atoms with van der Waals surface area (Å²) in [5.74, 6) is -4.28. The van der Waals surface area contributed by atoms with Crippen molar-refractivity contribution in [2.45, 2.75) is 18.4 Å². The van der Waals surface area contributed by atoms with Crippen molar-refractivity contribution in [3.63, 3.8) is 0 Å². The molecule has 0 fully saturated rings. The van der Waals surface area contributed by atoms with Crippen LogP contribution in [0.2, 0.25) is 5.02 Å². The van der Waals surface area contributed by atoms with E-state index in [1.54, 1.807) is 6.92 Å². The van der Waals surface area contributed by atoms with Gasteiger partial charge >= 0.3 is 0 Å². The molecule has 2 heterocycles. The Morgan fingerprint density at radius 3 is 2.53 bits per heavy atom. The predicted molar refractivity (Wildman–Crippen MR) is 127 cm³/mol. The number of benzene rings is 2. The molecule has 1 amide bonds. The highest BCUT2D eigenvalue weighted by Crippen LogP contribution is 2.38. The normalized spacial score (nSPS) is 12.7. The van der Waals surface area contributed by atoms with Gasteiger partial charge in [-0.3, -0.25) is 14.5 Å². The lowest BCUT2D eigenvalue weighted by Gasteiger charge is -2.16. The van der Waals surface area contributed by atoms with E-state index in [4.69, 9.17) is 16.3 Å². The number of aryl methyl sites for hydroxylation is 1. The van der Waals surface area contributed by atoms with Gasteiger partial charge in [-0.2, -0.15) is 0 Å². The molecule has 0 unspecified atom stereocenters. The number of nitrogens with zero attached hydrogens (tertiary/aromatic N) is 2. The first-order chi connectivity index (χ1) is 17.0. The van der Waals surface area contributed by atoms with E-state index >= 15 is 8.78 Å². The average molecular weight is 539 g/mol. The van der Waals surface area contributed by atoms with Crippen molar-refractivity contribution in [2.75, 3.05) is 18.9 Å². The van der Waals surface area contributed by atoms with Crippen LogP contribution in [0.1, 0.15) is 16.7 Å². The zero-order valence-corrected chi connectivity index (χ0v) is 20.6. The maximum atomic E-state index is 15.6. The fourth-order valence-corrected chi connectivity index (χ4v) is 5.32. The Balaban J connectivity index is 1.82. The molecule has 0 saturated heterocycles. The van der Waals surface area contributed by atoms with Crippen LogP contribution in [-0.2, 0) is 21.4 Å². The molecular weight excluding hydrogens is 521 g/mol. The van der Waals surface area contributed by atoms with E-state index < -0.39 is 55.1 Å². The van der Waals surface area contributed by atoms with Gasteiger partial charge in [-0.25, -0.2) is 26.6 Å². The predicted octanol–water partition coefficient (Wildman–Crippen LogP) is 3.99. The second kappa shape index (κ2) is 9.43. The van der Waals surface area contributed by atoms with Gasteiger partial charge in [0, 0.05) is 29.9 Å². The maximum Gasteiger partial charge on any atom is 0.269 e. The summed E-state index contributed by atoms with van der Waals surface area (Å²) < 4.78 is 78.7. The molecule has 2 aromatic carbocycles. The van der Waals surface area contributed by atoms with Crippen molar-refractivity contribution in [1.29, 1.82) is 0 Å². The molecule has 0 atom stereocenters. The molecule has 8 nitrogen and oxygen atoms in total. The molecule has 1 aromatic heterocycles. The summed E-state index contributed by atoms with van der Waals surface area (Å²) in [7, 11) is -1.92. The Morgan fingerprint density at radius 2 is 1.86 bits per heavy atom. The van der Waals surface area contributed by atoms with E-state index in [2.05, 4.69) is 15.3 Å². The summed E-state index contributed by atoms with van der Waals surface area (Å²) in [6.07, 6.45) is 1.16. The van der Waals surface area contributed by atoms with Gasteiger partial charge in [0.2, 0.25) is 5.88 Å². The van der Waals surface area contributed by atoms with Gasteiger partial charge in [0.05, 0.1) is 29.9 Å². The number of aliphatic imine (C=N–C) groups is 1. The topological polar surface area (TPSA) is 110 Å². The number of carbonyl (C=O) groups excluding carboxylic acids is 1. The van der Waals surface area contributed by atoms with Crippen LogP contribution in [-0.4, -0.2) is 39.2 Å². The first-order valence-electron chi connectivity index (χ1n) is 10.3. The third kappa shape index (κ3) is 4.26. The number of fused-ring (bicyclic) bond motifs is 1. The zero-order chi connectivity index (χ0) is 26.4. The Labute approximate surface area is 209 Å². The molecule has 2 N–H and O–H groups in total. The van der Waals surface area contributed by atoms with E-state index in [1.165, 1.54) is 20.2 Å². The summed E-state index contributed by atoms with van der Waals surface area (Å²) in [5, 5.41) is 2.39. The van der Waals surface area contributed by atoms with Gasteiger partial charge in [-0.05, 0) is 36.8 Å². The molecule has 3 aromatic rings. The maximum absolute atomic E-state index is 15.6. The van der Waals surface area contributed by atoms with Gasteiger partial charge in [-0.15, -0.1) is 0 Å². The molecule has 0 radical (unpaired) electrons. The zero-order valence-electron chi connectivity index (χ0n) is 19.0. The lowest BCUT2D eigenvalue weighted by molar-refractivity contribution is -0.114. The Hall–Kier alpha value is -3.64. The van der Waals surface area contributed by atoms with Crippen molar-refractivity contribution in [3.8, 4) is 17.0 Å². The van der Waals surface area contributed by atoms with E-state index in [0.717, 1.165) is 24.4 Å². The third-order valence-corrected chi connectivity index (χ3v) is 7.07. The van der Waals surface area contributed by atoms with Gasteiger partial charge in [0.25, 0.3) is 15.9 Å². The Morgan fingerprint density at radius 1 is 1.14 bits per heavy atom. The number of anilines is 1. The minimum atomic E-state index is -4.50. The van der Waals surface area contributed by atoms with Gasteiger partial charge < -0.3 is 10.1 Å². The number of methoxy groups -OCH3 is 1. The molecule has 13 heteroatoms. The number of hydrogen-bond donors (Lipinski definition) is 2. The number of aromatic nitrogens is 1. The van der Waals surface area contributed by atoms with Crippen LogP contribution >= 0.6 is 11.6 Å². The molecule has 0 bridgehead atoms. The van der Waals surface area contributed by atoms with Crippen molar-refractivity contribution in [3.05, 3.63) is 69.6 Å². The van der Waals surface area contributed by atoms with Crippen LogP contribution in [0.4, 0.5) is 18.9 Å². The molecular formula is C23H18ClF3N4O4S. The quantitative estimate of drug-likeness (QED) is 0.493. The van der Waals surface area contributed by atoms with Crippen molar-refractivity contribution in [1.82, 2.24) is 10.3 Å². The van der Waals surface area contributed by atoms with Crippen molar-refractivity contribution < 1.29 is 31.1 Å². The summed E-state index contributed by atoms with van der Waals surface area (Å²) in [6.45, 7) is 1.35. The van der Waals surface area contributed by atoms with Crippen LogP contribution in [0.15, 0.2) is 40.4 Å². The number of amides is 1. The third-order valence-electron chi connectivity index (χ3n) is 5.51. The smallest absolute Gasteiger partial charge is 0.269 e. The van der Waals surface area contributed by atoms with Gasteiger partial charge in [0.15, 0.2) is 10.7 Å². The molecule has 0 aliphatic carbocycles. The summed E-state index contributed by atoms with van der Waals surface area (Å²) >= 11 is 5.85. The van der Waals surface area contributed by atoms with Crippen LogP contribution in [0, 0.1) is 24.4 Å². The highest BCUT2D eigenvalue weighted by Gasteiger charge is 2.31. The number of halogens is 4. The minimum Gasteiger partial charge on any atom is -0.480 e. The van der Waals surface area contributed by atoms with Crippen molar-refractivity contribution in [2.24, 2.45) is 4.99 Å². The lowest BCUT2D eigenvalue weighted by Crippen LogP contribution is -2.28. The lowest BCUT2D eigenvalue weighted by atomic mass is 9.92. The average Bonchev–Trinajstić information content (AvgIpc) is 3.29. The standard InChI is InChI=1S/C23H18ClF3N4O4S/c1-10-6-12(19(26)13-9-29-21(17(10)13)22(32)28-2)18-14(25)4-5-15(20(18)27)31-36(33,34)16-7-11(24)8-30-23(16)35-3/h4-8,31H,9H2,1-3H3,(H,28,32). The molecule has 4 rings (SSSR count). The molecule has 0 spiro atoms. The minimum absolute atomic E-state index is 0.00289. The first-order valence-corrected chi connectivity index (χ1v) is 12.2.